The van der Waals surface area contributed by atoms with Crippen molar-refractivity contribution in [3.8, 4) is 0 Å². The summed E-state index contributed by atoms with van der Waals surface area (Å²) in [5.74, 6) is 2.37. The van der Waals surface area contributed by atoms with E-state index in [2.05, 4.69) is 52.8 Å². The van der Waals surface area contributed by atoms with Crippen molar-refractivity contribution in [3.63, 3.8) is 0 Å². The Hall–Kier alpha value is -2.14. The van der Waals surface area contributed by atoms with Gasteiger partial charge in [-0.1, -0.05) is 31.5 Å². The molecule has 5 heteroatoms. The molecule has 0 saturated carbocycles. The zero-order valence-electron chi connectivity index (χ0n) is 17.0. The van der Waals surface area contributed by atoms with Gasteiger partial charge in [0, 0.05) is 30.5 Å². The van der Waals surface area contributed by atoms with Crippen molar-refractivity contribution < 1.29 is 4.79 Å². The molecule has 1 fully saturated rings. The summed E-state index contributed by atoms with van der Waals surface area (Å²) in [6, 6.07) is 6.13. The molecular formula is C22H32N4O. The topological polar surface area (TPSA) is 50.2 Å². The van der Waals surface area contributed by atoms with Gasteiger partial charge in [-0.3, -0.25) is 9.69 Å². The summed E-state index contributed by atoms with van der Waals surface area (Å²) in [5.41, 5.74) is 3.25. The van der Waals surface area contributed by atoms with Crippen LogP contribution in [0.15, 0.2) is 30.6 Å². The lowest BCUT2D eigenvalue weighted by atomic mass is 9.96. The molecule has 5 nitrogen and oxygen atoms in total. The van der Waals surface area contributed by atoms with Crippen molar-refractivity contribution in [2.75, 3.05) is 25.0 Å². The highest BCUT2D eigenvalue weighted by atomic mass is 16.2. The van der Waals surface area contributed by atoms with Crippen molar-refractivity contribution in [2.24, 2.45) is 5.92 Å². The van der Waals surface area contributed by atoms with E-state index >= 15 is 0 Å². The van der Waals surface area contributed by atoms with E-state index in [-0.39, 0.29) is 5.91 Å². The maximum Gasteiger partial charge on any atom is 0.238 e. The predicted molar refractivity (Wildman–Crippen MR) is 110 cm³/mol. The van der Waals surface area contributed by atoms with Crippen LogP contribution in [-0.4, -0.2) is 40.0 Å². The number of rotatable bonds is 6. The van der Waals surface area contributed by atoms with E-state index in [9.17, 15) is 4.79 Å². The number of piperidine rings is 1. The van der Waals surface area contributed by atoms with Gasteiger partial charge in [-0.25, -0.2) is 4.98 Å². The zero-order chi connectivity index (χ0) is 19.4. The molecule has 146 valence electrons. The maximum atomic E-state index is 12.4. The number of aromatic nitrogens is 2. The van der Waals surface area contributed by atoms with Gasteiger partial charge in [-0.05, 0) is 57.3 Å². The van der Waals surface area contributed by atoms with Crippen LogP contribution in [0.4, 0.5) is 5.69 Å². The zero-order valence-corrected chi connectivity index (χ0v) is 17.0. The van der Waals surface area contributed by atoms with E-state index in [1.807, 2.05) is 25.3 Å². The molecule has 1 N–H and O–H groups in total. The van der Waals surface area contributed by atoms with Gasteiger partial charge < -0.3 is 9.88 Å². The van der Waals surface area contributed by atoms with Crippen LogP contribution >= 0.6 is 0 Å². The lowest BCUT2D eigenvalue weighted by Gasteiger charge is -2.32. The minimum Gasteiger partial charge on any atom is -0.334 e. The molecule has 27 heavy (non-hydrogen) atoms. The van der Waals surface area contributed by atoms with Gasteiger partial charge in [0.1, 0.15) is 5.82 Å². The first-order chi connectivity index (χ1) is 12.9. The average Bonchev–Trinajstić information content (AvgIpc) is 3.07. The number of likely N-dealkylation sites (tertiary alicyclic amines) is 1. The second-order valence-electron chi connectivity index (χ2n) is 8.18. The molecule has 1 aromatic carbocycles. The number of anilines is 1. The van der Waals surface area contributed by atoms with Crippen LogP contribution < -0.4 is 5.32 Å². The van der Waals surface area contributed by atoms with Crippen molar-refractivity contribution in [1.29, 1.82) is 0 Å². The summed E-state index contributed by atoms with van der Waals surface area (Å²) in [7, 11) is 0. The molecule has 1 aliphatic rings. The summed E-state index contributed by atoms with van der Waals surface area (Å²) in [4.78, 5) is 19.2. The Balaban J connectivity index is 1.46. The fourth-order valence-electron chi connectivity index (χ4n) is 3.93. The van der Waals surface area contributed by atoms with Gasteiger partial charge >= 0.3 is 0 Å². The Kier molecular flexibility index (Phi) is 6.32. The molecule has 0 aliphatic carbocycles. The molecule has 0 radical (unpaired) electrons. The molecule has 3 rings (SSSR count). The van der Waals surface area contributed by atoms with E-state index in [1.165, 1.54) is 11.4 Å². The largest absolute Gasteiger partial charge is 0.334 e. The molecule has 2 heterocycles. The van der Waals surface area contributed by atoms with Gasteiger partial charge in [-0.15, -0.1) is 0 Å². The van der Waals surface area contributed by atoms with Crippen LogP contribution in [0.1, 0.15) is 49.6 Å². The third-order valence-electron chi connectivity index (χ3n) is 5.45. The first-order valence-electron chi connectivity index (χ1n) is 10.0. The number of nitrogens with zero attached hydrogens (tertiary/aromatic N) is 3. The molecule has 2 aromatic rings. The summed E-state index contributed by atoms with van der Waals surface area (Å²) in [6.07, 6.45) is 6.26. The standard InChI is InChI=1S/C22H32N4O/c1-16(2)22-23-9-12-26(22)14-19-7-10-25(11-8-19)15-21(27)24-20-6-5-17(3)13-18(20)4/h5-6,9,12-13,16,19H,7-8,10-11,14-15H2,1-4H3,(H,24,27). The van der Waals surface area contributed by atoms with Crippen molar-refractivity contribution in [3.05, 3.63) is 47.5 Å². The molecule has 1 aliphatic heterocycles. The minimum atomic E-state index is 0.0807. The van der Waals surface area contributed by atoms with Crippen LogP contribution in [0.2, 0.25) is 0 Å². The van der Waals surface area contributed by atoms with Crippen molar-refractivity contribution in [2.45, 2.75) is 53.0 Å². The van der Waals surface area contributed by atoms with Gasteiger partial charge in [0.05, 0.1) is 6.54 Å². The second-order valence-corrected chi connectivity index (χ2v) is 8.18. The van der Waals surface area contributed by atoms with E-state index in [0.717, 1.165) is 43.7 Å². The van der Waals surface area contributed by atoms with Crippen molar-refractivity contribution in [1.82, 2.24) is 14.5 Å². The maximum absolute atomic E-state index is 12.4. The number of hydrogen-bond acceptors (Lipinski definition) is 3. The number of carbonyl (C=O) groups excluding carboxylic acids is 1. The molecule has 1 amide bonds. The number of imidazole rings is 1. The van der Waals surface area contributed by atoms with E-state index in [4.69, 9.17) is 0 Å². The molecule has 1 saturated heterocycles. The lowest BCUT2D eigenvalue weighted by molar-refractivity contribution is -0.117. The summed E-state index contributed by atoms with van der Waals surface area (Å²) in [6.45, 7) is 12.0. The Bertz CT molecular complexity index is 772. The first kappa shape index (κ1) is 19.6. The number of nitrogens with one attached hydrogen (secondary N) is 1. The molecular weight excluding hydrogens is 336 g/mol. The first-order valence-corrected chi connectivity index (χ1v) is 10.0. The monoisotopic (exact) mass is 368 g/mol. The molecule has 0 atom stereocenters. The smallest absolute Gasteiger partial charge is 0.238 e. The number of aryl methyl sites for hydroxylation is 2. The van der Waals surface area contributed by atoms with Gasteiger partial charge in [0.15, 0.2) is 0 Å². The van der Waals surface area contributed by atoms with Crippen LogP contribution in [0.3, 0.4) is 0 Å². The second kappa shape index (κ2) is 8.70. The predicted octanol–water partition coefficient (Wildman–Crippen LogP) is 3.97. The number of hydrogen-bond donors (Lipinski definition) is 1. The molecule has 0 unspecified atom stereocenters. The molecule has 0 spiro atoms. The molecule has 1 aromatic heterocycles. The highest BCUT2D eigenvalue weighted by molar-refractivity contribution is 5.93. The van der Waals surface area contributed by atoms with Gasteiger partial charge in [-0.2, -0.15) is 0 Å². The number of amides is 1. The molecule has 0 bridgehead atoms. The Morgan fingerprint density at radius 3 is 2.67 bits per heavy atom. The van der Waals surface area contributed by atoms with E-state index < -0.39 is 0 Å². The minimum absolute atomic E-state index is 0.0807. The van der Waals surface area contributed by atoms with Crippen LogP contribution in [0.25, 0.3) is 0 Å². The van der Waals surface area contributed by atoms with Crippen LogP contribution in [0.5, 0.6) is 0 Å². The average molecular weight is 369 g/mol. The quantitative estimate of drug-likeness (QED) is 0.839. The summed E-state index contributed by atoms with van der Waals surface area (Å²) >= 11 is 0. The SMILES string of the molecule is Cc1ccc(NC(=O)CN2CCC(Cn3ccnc3C(C)C)CC2)c(C)c1. The fourth-order valence-corrected chi connectivity index (χ4v) is 3.93. The van der Waals surface area contributed by atoms with E-state index in [0.29, 0.717) is 18.4 Å². The highest BCUT2D eigenvalue weighted by Crippen LogP contribution is 2.22. The Morgan fingerprint density at radius 2 is 2.00 bits per heavy atom. The van der Waals surface area contributed by atoms with Gasteiger partial charge in [0.2, 0.25) is 5.91 Å². The van der Waals surface area contributed by atoms with Crippen LogP contribution in [0, 0.1) is 19.8 Å². The third-order valence-corrected chi connectivity index (χ3v) is 5.45. The third kappa shape index (κ3) is 5.19. The normalized spacial score (nSPS) is 16.0. The summed E-state index contributed by atoms with van der Waals surface area (Å²) < 4.78 is 2.30. The lowest BCUT2D eigenvalue weighted by Crippen LogP contribution is -2.40. The number of carbonyl (C=O) groups is 1. The summed E-state index contributed by atoms with van der Waals surface area (Å²) in [5, 5.41) is 3.06. The van der Waals surface area contributed by atoms with E-state index in [1.54, 1.807) is 0 Å². The van der Waals surface area contributed by atoms with Gasteiger partial charge in [0.25, 0.3) is 0 Å². The van der Waals surface area contributed by atoms with Crippen molar-refractivity contribution >= 4 is 11.6 Å². The highest BCUT2D eigenvalue weighted by Gasteiger charge is 2.22. The fraction of sp³-hybridized carbons (Fsp3) is 0.545. The number of benzene rings is 1. The Morgan fingerprint density at radius 1 is 1.26 bits per heavy atom. The van der Waals surface area contributed by atoms with Crippen LogP contribution in [-0.2, 0) is 11.3 Å². The Labute approximate surface area is 162 Å².